The third kappa shape index (κ3) is 3.37. The smallest absolute Gasteiger partial charge is 0.260 e. The van der Waals surface area contributed by atoms with Crippen LogP contribution >= 0.6 is 15.9 Å². The van der Waals surface area contributed by atoms with Crippen molar-refractivity contribution in [2.75, 3.05) is 20.2 Å². The average molecular weight is 662 g/mol. The number of hydrazone groups is 1. The lowest BCUT2D eigenvalue weighted by atomic mass is 9.76. The molecule has 0 saturated heterocycles. The van der Waals surface area contributed by atoms with Gasteiger partial charge in [0.2, 0.25) is 11.7 Å². The molecule has 1 aromatic heterocycles. The number of nitrogens with one attached hydrogen (secondary N) is 3. The highest BCUT2D eigenvalue weighted by atomic mass is 79.9. The summed E-state index contributed by atoms with van der Waals surface area (Å²) in [5.74, 6) is -6.31. The molecule has 1 atom stereocenters. The fraction of sp³-hybridized carbons (Fsp3) is 0.207. The summed E-state index contributed by atoms with van der Waals surface area (Å²) >= 11 is 3.49. The highest BCUT2D eigenvalue weighted by Gasteiger charge is 2.62. The molecule has 0 amide bonds. The maximum atomic E-state index is 14.2. The summed E-state index contributed by atoms with van der Waals surface area (Å²) in [7, 11) is 1.13. The van der Waals surface area contributed by atoms with Gasteiger partial charge in [-0.3, -0.25) is 24.0 Å². The summed E-state index contributed by atoms with van der Waals surface area (Å²) in [6.07, 6.45) is 2.06. The van der Waals surface area contributed by atoms with Gasteiger partial charge in [0.15, 0.2) is 23.1 Å². The van der Waals surface area contributed by atoms with Gasteiger partial charge >= 0.3 is 0 Å². The number of nitrogens with zero attached hydrogens (tertiary/aromatic N) is 2. The van der Waals surface area contributed by atoms with E-state index in [1.165, 1.54) is 6.21 Å². The predicted molar refractivity (Wildman–Crippen MR) is 157 cm³/mol. The van der Waals surface area contributed by atoms with E-state index in [0.717, 1.165) is 13.2 Å². The third-order valence-corrected chi connectivity index (χ3v) is 9.32. The van der Waals surface area contributed by atoms with E-state index < -0.39 is 79.4 Å². The molecule has 2 heterocycles. The van der Waals surface area contributed by atoms with Crippen LogP contribution in [0, 0.1) is 0 Å². The summed E-state index contributed by atoms with van der Waals surface area (Å²) in [6.45, 7) is 1.27. The Balaban J connectivity index is 1.40. The van der Waals surface area contributed by atoms with Gasteiger partial charge in [-0.15, -0.1) is 0 Å². The fourth-order valence-corrected chi connectivity index (χ4v) is 7.22. The van der Waals surface area contributed by atoms with Gasteiger partial charge in [0.05, 0.1) is 53.2 Å². The van der Waals surface area contributed by atoms with E-state index in [2.05, 4.69) is 41.8 Å². The van der Waals surface area contributed by atoms with E-state index in [4.69, 9.17) is 4.74 Å². The number of allylic oxidation sites excluding steroid dienone is 2. The molecule has 44 heavy (non-hydrogen) atoms. The topological polar surface area (TPSA) is 220 Å². The van der Waals surface area contributed by atoms with Gasteiger partial charge in [-0.25, -0.2) is 10.4 Å². The standard InChI is InChI=1S/C29H20BrN5O9/c1-44-13-7-12(36)15-16(21(13)37)23(39)18-17(22(15)38)25(41)29(26(18)42)3-2-10-19(29)24(40)14-11(20(10)30)6-9(34-27(14)43)8-33-35-28-31-4-5-32-28/h6-8,38-40H,2-5H2,1H3,(H,34,43)(H2,31,32,35)/t29-/m0/s1. The third-order valence-electron chi connectivity index (χ3n) is 8.41. The second-order valence-electron chi connectivity index (χ2n) is 10.6. The van der Waals surface area contributed by atoms with Gasteiger partial charge in [-0.2, -0.15) is 5.10 Å². The minimum absolute atomic E-state index is 0.0859. The number of rotatable bonds is 3. The van der Waals surface area contributed by atoms with E-state index in [0.29, 0.717) is 29.1 Å². The molecule has 2 aromatic carbocycles. The number of aromatic nitrogens is 1. The van der Waals surface area contributed by atoms with Gasteiger partial charge < -0.3 is 30.4 Å². The summed E-state index contributed by atoms with van der Waals surface area (Å²) in [5, 5.41) is 41.0. The Kier molecular flexibility index (Phi) is 5.84. The number of aromatic hydroxyl groups is 3. The van der Waals surface area contributed by atoms with Gasteiger partial charge in [0.1, 0.15) is 22.7 Å². The van der Waals surface area contributed by atoms with Gasteiger partial charge in [0, 0.05) is 28.0 Å². The number of aromatic amines is 1. The molecule has 0 unspecified atom stereocenters. The highest BCUT2D eigenvalue weighted by Crippen LogP contribution is 2.58. The van der Waals surface area contributed by atoms with E-state index >= 15 is 0 Å². The molecule has 6 N–H and O–H groups in total. The van der Waals surface area contributed by atoms with Crippen molar-refractivity contribution in [1.82, 2.24) is 15.7 Å². The number of carbonyl (C=O) groups excluding carboxylic acids is 4. The van der Waals surface area contributed by atoms with E-state index in [-0.39, 0.29) is 34.9 Å². The number of hydrogen-bond donors (Lipinski definition) is 6. The van der Waals surface area contributed by atoms with Crippen molar-refractivity contribution in [3.8, 4) is 17.2 Å². The Morgan fingerprint density at radius 3 is 2.41 bits per heavy atom. The zero-order chi connectivity index (χ0) is 31.2. The van der Waals surface area contributed by atoms with Crippen LogP contribution in [0.15, 0.2) is 37.3 Å². The van der Waals surface area contributed by atoms with E-state index in [9.17, 15) is 39.3 Å². The SMILES string of the molecule is COC1=CC(=O)c2c(O)c3c(c(O)c2C1=O)C(=O)[C@]1(CCc2c1c(O)c1c(=O)[nH]c(C=NNC4=NCCN4)cc1c2Br)C3=O. The molecule has 3 aliphatic carbocycles. The van der Waals surface area contributed by atoms with Crippen molar-refractivity contribution >= 4 is 62.0 Å². The number of ether oxygens (including phenoxy) is 1. The Hall–Kier alpha value is -5.31. The number of fused-ring (bicyclic) bond motifs is 5. The van der Waals surface area contributed by atoms with Crippen molar-refractivity contribution in [3.05, 3.63) is 71.8 Å². The van der Waals surface area contributed by atoms with E-state index in [1.54, 1.807) is 6.07 Å². The monoisotopic (exact) mass is 661 g/mol. The fourth-order valence-electron chi connectivity index (χ4n) is 6.51. The highest BCUT2D eigenvalue weighted by molar-refractivity contribution is 9.10. The largest absolute Gasteiger partial charge is 0.507 e. The maximum absolute atomic E-state index is 14.2. The average Bonchev–Trinajstić information content (AvgIpc) is 3.71. The second kappa shape index (κ2) is 9.34. The summed E-state index contributed by atoms with van der Waals surface area (Å²) < 4.78 is 5.27. The molecule has 7 rings (SSSR count). The summed E-state index contributed by atoms with van der Waals surface area (Å²) in [4.78, 5) is 74.2. The van der Waals surface area contributed by atoms with Crippen LogP contribution in [0.5, 0.6) is 17.2 Å². The summed E-state index contributed by atoms with van der Waals surface area (Å²) in [5.41, 5.74) is -2.29. The number of methoxy groups -OCH3 is 1. The first-order valence-electron chi connectivity index (χ1n) is 13.3. The Labute approximate surface area is 254 Å². The summed E-state index contributed by atoms with van der Waals surface area (Å²) in [6, 6.07) is 1.55. The Morgan fingerprint density at radius 1 is 1.05 bits per heavy atom. The lowest BCUT2D eigenvalue weighted by Gasteiger charge is -2.23. The minimum Gasteiger partial charge on any atom is -0.507 e. The molecule has 1 aliphatic heterocycles. The van der Waals surface area contributed by atoms with Gasteiger partial charge in [-0.05, 0) is 40.4 Å². The van der Waals surface area contributed by atoms with Crippen LogP contribution < -0.4 is 16.3 Å². The number of benzene rings is 2. The first kappa shape index (κ1) is 27.5. The van der Waals surface area contributed by atoms with Crippen LogP contribution in [-0.4, -0.2) is 75.8 Å². The van der Waals surface area contributed by atoms with Gasteiger partial charge in [-0.1, -0.05) is 0 Å². The van der Waals surface area contributed by atoms with Crippen LogP contribution in [0.1, 0.15) is 64.7 Å². The minimum atomic E-state index is -2.15. The number of pyridine rings is 1. The van der Waals surface area contributed by atoms with Crippen molar-refractivity contribution in [1.29, 1.82) is 0 Å². The molecular weight excluding hydrogens is 642 g/mol. The normalized spacial score (nSPS) is 20.2. The lowest BCUT2D eigenvalue weighted by Crippen LogP contribution is -2.36. The van der Waals surface area contributed by atoms with Crippen LogP contribution in [0.25, 0.3) is 10.8 Å². The van der Waals surface area contributed by atoms with Crippen LogP contribution in [-0.2, 0) is 16.6 Å². The number of Topliss-reactive ketones (excluding diaryl/α,β-unsaturated/α-hetero) is 3. The molecule has 4 aliphatic rings. The van der Waals surface area contributed by atoms with Crippen molar-refractivity contribution in [2.45, 2.75) is 18.3 Å². The second-order valence-corrected chi connectivity index (χ2v) is 11.3. The predicted octanol–water partition coefficient (Wildman–Crippen LogP) is 1.46. The molecule has 15 heteroatoms. The molecule has 14 nitrogen and oxygen atoms in total. The van der Waals surface area contributed by atoms with Crippen molar-refractivity contribution < 1.29 is 39.2 Å². The molecule has 0 saturated carbocycles. The lowest BCUT2D eigenvalue weighted by molar-refractivity contribution is 0.0790. The number of guanidine groups is 1. The number of phenolic OH excluding ortho intramolecular Hbond substituents is 3. The first-order valence-corrected chi connectivity index (χ1v) is 14.1. The Morgan fingerprint density at radius 2 is 1.75 bits per heavy atom. The zero-order valence-electron chi connectivity index (χ0n) is 22.6. The maximum Gasteiger partial charge on any atom is 0.260 e. The molecule has 3 aromatic rings. The van der Waals surface area contributed by atoms with E-state index in [1.807, 2.05) is 0 Å². The van der Waals surface area contributed by atoms with Gasteiger partial charge in [0.25, 0.3) is 5.56 Å². The molecule has 0 fully saturated rings. The number of carbonyl (C=O) groups is 4. The van der Waals surface area contributed by atoms with Crippen LogP contribution in [0.2, 0.25) is 0 Å². The number of H-pyrrole nitrogens is 1. The number of halogens is 1. The zero-order valence-corrected chi connectivity index (χ0v) is 24.2. The molecule has 0 radical (unpaired) electrons. The number of phenols is 3. The number of hydrogen-bond acceptors (Lipinski definition) is 13. The number of ketones is 4. The first-order chi connectivity index (χ1) is 21.0. The molecule has 0 bridgehead atoms. The molecule has 222 valence electrons. The van der Waals surface area contributed by atoms with Crippen molar-refractivity contribution in [2.24, 2.45) is 10.1 Å². The molecular formula is C29H20BrN5O9. The van der Waals surface area contributed by atoms with Crippen LogP contribution in [0.3, 0.4) is 0 Å². The quantitative estimate of drug-likeness (QED) is 0.102. The van der Waals surface area contributed by atoms with Crippen LogP contribution in [0.4, 0.5) is 0 Å². The van der Waals surface area contributed by atoms with Crippen molar-refractivity contribution in [3.63, 3.8) is 0 Å². The number of aliphatic imine (C=N–C) groups is 1. The Bertz CT molecular complexity index is 2110. The molecule has 1 spiro atoms.